The Hall–Kier alpha value is -3.18. The van der Waals surface area contributed by atoms with Crippen LogP contribution in [0.25, 0.3) is 34.2 Å². The molecule has 0 aliphatic carbocycles. The topological polar surface area (TPSA) is 130 Å². The molecule has 0 saturated carbocycles. The van der Waals surface area contributed by atoms with E-state index in [0.29, 0.717) is 28.6 Å². The van der Waals surface area contributed by atoms with Gasteiger partial charge in [-0.05, 0) is 44.7 Å². The highest BCUT2D eigenvalue weighted by Crippen LogP contribution is 2.50. The van der Waals surface area contributed by atoms with Gasteiger partial charge in [-0.1, -0.05) is 12.1 Å². The van der Waals surface area contributed by atoms with E-state index in [0.717, 1.165) is 17.7 Å². The molecule has 0 unspecified atom stereocenters. The van der Waals surface area contributed by atoms with Gasteiger partial charge < -0.3 is 9.73 Å². The Balaban J connectivity index is 1.57. The van der Waals surface area contributed by atoms with E-state index in [4.69, 9.17) is 4.42 Å². The molecule has 4 aromatic rings. The maximum absolute atomic E-state index is 10.2. The number of aromatic nitrogens is 5. The Bertz CT molecular complexity index is 1190. The van der Waals surface area contributed by atoms with Crippen LogP contribution in [0.5, 0.6) is 0 Å². The van der Waals surface area contributed by atoms with Crippen LogP contribution in [0.15, 0.2) is 64.6 Å². The van der Waals surface area contributed by atoms with Gasteiger partial charge in [-0.25, -0.2) is 4.98 Å². The second kappa shape index (κ2) is 9.13. The van der Waals surface area contributed by atoms with Gasteiger partial charge in [0, 0.05) is 35.3 Å². The van der Waals surface area contributed by atoms with Gasteiger partial charge in [0.05, 0.1) is 23.7 Å². The summed E-state index contributed by atoms with van der Waals surface area (Å²) in [4.78, 5) is 12.8. The lowest BCUT2D eigenvalue weighted by Crippen LogP contribution is -2.12. The zero-order valence-corrected chi connectivity index (χ0v) is 18.7. The Kier molecular flexibility index (Phi) is 6.28. The van der Waals surface area contributed by atoms with E-state index >= 15 is 0 Å². The summed E-state index contributed by atoms with van der Waals surface area (Å²) in [5, 5.41) is 11.2. The maximum Gasteiger partial charge on any atom is 0.249 e. The third-order valence-corrected chi connectivity index (χ3v) is 7.02. The van der Waals surface area contributed by atoms with Crippen molar-refractivity contribution in [3.05, 3.63) is 60.7 Å². The third-order valence-electron chi connectivity index (χ3n) is 4.88. The molecule has 0 radical (unpaired) electrons. The van der Waals surface area contributed by atoms with E-state index in [9.17, 15) is 9.11 Å². The van der Waals surface area contributed by atoms with Gasteiger partial charge in [-0.15, -0.1) is 20.8 Å². The molecule has 4 rings (SSSR count). The van der Waals surface area contributed by atoms with Crippen LogP contribution in [0, 0.1) is 0 Å². The van der Waals surface area contributed by atoms with Crippen LogP contribution < -0.4 is 5.32 Å². The summed E-state index contributed by atoms with van der Waals surface area (Å²) in [6.07, 6.45) is 6.16. The first-order valence-corrected chi connectivity index (χ1v) is 11.6. The molecular formula is C22H24N6O3S. The van der Waals surface area contributed by atoms with Crippen LogP contribution in [-0.4, -0.2) is 46.6 Å². The predicted molar refractivity (Wildman–Crippen MR) is 123 cm³/mol. The van der Waals surface area contributed by atoms with Crippen molar-refractivity contribution >= 4 is 10.6 Å². The molecule has 32 heavy (non-hydrogen) atoms. The average Bonchev–Trinajstić information content (AvgIpc) is 3.30. The lowest BCUT2D eigenvalue weighted by atomic mass is 10.1. The second-order valence-electron chi connectivity index (χ2n) is 7.48. The Morgan fingerprint density at radius 3 is 2.22 bits per heavy atom. The summed E-state index contributed by atoms with van der Waals surface area (Å²) < 4.78 is 26.4. The monoisotopic (exact) mass is 452 g/mol. The molecule has 0 atom stereocenters. The quantitative estimate of drug-likeness (QED) is 0.371. The van der Waals surface area contributed by atoms with Crippen LogP contribution >= 0.6 is 10.6 Å². The van der Waals surface area contributed by atoms with E-state index in [1.807, 2.05) is 37.4 Å². The summed E-state index contributed by atoms with van der Waals surface area (Å²) >= 11 is 0. The maximum atomic E-state index is 10.2. The molecule has 9 nitrogen and oxygen atoms in total. The van der Waals surface area contributed by atoms with Gasteiger partial charge >= 0.3 is 0 Å². The van der Waals surface area contributed by atoms with E-state index in [-0.39, 0.29) is 10.3 Å². The van der Waals surface area contributed by atoms with Crippen molar-refractivity contribution in [3.8, 4) is 34.2 Å². The highest BCUT2D eigenvalue weighted by molar-refractivity contribution is 8.24. The van der Waals surface area contributed by atoms with Crippen LogP contribution in [0.2, 0.25) is 0 Å². The van der Waals surface area contributed by atoms with Gasteiger partial charge in [0.2, 0.25) is 11.8 Å². The number of hydrogen-bond acceptors (Lipinski definition) is 9. The lowest BCUT2D eigenvalue weighted by Gasteiger charge is -2.34. The van der Waals surface area contributed by atoms with Crippen molar-refractivity contribution < 1.29 is 13.5 Å². The minimum absolute atomic E-state index is 0.169. The summed E-state index contributed by atoms with van der Waals surface area (Å²) in [6.45, 7) is 4.25. The van der Waals surface area contributed by atoms with Crippen molar-refractivity contribution in [2.24, 2.45) is 0 Å². The number of nitrogens with zero attached hydrogens (tertiary/aromatic N) is 5. The summed E-state index contributed by atoms with van der Waals surface area (Å²) in [5.74, 6) is 0.761. The number of nitrogens with one attached hydrogen (secondary N) is 1. The molecule has 0 aliphatic rings. The fourth-order valence-electron chi connectivity index (χ4n) is 2.98. The molecule has 0 bridgehead atoms. The number of pyridine rings is 1. The molecule has 1 aromatic carbocycles. The van der Waals surface area contributed by atoms with Gasteiger partial charge in [-0.2, -0.15) is 0 Å². The summed E-state index contributed by atoms with van der Waals surface area (Å²) in [5.41, 5.74) is 3.87. The molecule has 0 amide bonds. The molecule has 10 heteroatoms. The molecule has 3 aromatic heterocycles. The largest absolute Gasteiger partial charge is 0.416 e. The second-order valence-corrected chi connectivity index (χ2v) is 10.0. The average molecular weight is 453 g/mol. The smallest absolute Gasteiger partial charge is 0.249 e. The first kappa shape index (κ1) is 22.0. The van der Waals surface area contributed by atoms with Crippen LogP contribution in [-0.2, 0) is 6.54 Å². The number of benzene rings is 1. The minimum atomic E-state index is -2.98. The summed E-state index contributed by atoms with van der Waals surface area (Å²) in [6, 6.07) is 9.72. The zero-order chi connectivity index (χ0) is 22.7. The first-order chi connectivity index (χ1) is 15.4. The fourth-order valence-corrected chi connectivity index (χ4v) is 3.88. The minimum Gasteiger partial charge on any atom is -0.416 e. The molecule has 3 N–H and O–H groups in total. The van der Waals surface area contributed by atoms with Crippen LogP contribution in [0.1, 0.15) is 19.4 Å². The fraction of sp³-hybridized carbons (Fsp3) is 0.227. The Morgan fingerprint density at radius 2 is 1.59 bits per heavy atom. The van der Waals surface area contributed by atoms with Gasteiger partial charge in [0.15, 0.2) is 5.03 Å². The van der Waals surface area contributed by atoms with E-state index in [1.54, 1.807) is 26.2 Å². The van der Waals surface area contributed by atoms with Crippen molar-refractivity contribution in [2.45, 2.75) is 30.7 Å². The van der Waals surface area contributed by atoms with Gasteiger partial charge in [0.25, 0.3) is 0 Å². The SMILES string of the molecule is CNCc1ccc(-c2nnc(-c3cncc(-c4cnc(S(O)(O)C(C)C)cn4)c3)o2)cc1. The van der Waals surface area contributed by atoms with Gasteiger partial charge in [-0.3, -0.25) is 19.1 Å². The Labute approximate surface area is 187 Å². The molecule has 3 heterocycles. The van der Waals surface area contributed by atoms with E-state index in [1.165, 1.54) is 12.4 Å². The van der Waals surface area contributed by atoms with E-state index < -0.39 is 10.6 Å². The Morgan fingerprint density at radius 1 is 0.906 bits per heavy atom. The van der Waals surface area contributed by atoms with Crippen molar-refractivity contribution in [1.29, 1.82) is 0 Å². The molecular weight excluding hydrogens is 428 g/mol. The molecule has 0 fully saturated rings. The van der Waals surface area contributed by atoms with Crippen molar-refractivity contribution in [3.63, 3.8) is 0 Å². The van der Waals surface area contributed by atoms with Crippen molar-refractivity contribution in [1.82, 2.24) is 30.5 Å². The molecule has 166 valence electrons. The van der Waals surface area contributed by atoms with Crippen LogP contribution in [0.4, 0.5) is 0 Å². The highest BCUT2D eigenvalue weighted by Gasteiger charge is 2.22. The zero-order valence-electron chi connectivity index (χ0n) is 17.9. The predicted octanol–water partition coefficient (Wildman–Crippen LogP) is 4.49. The number of hydrogen-bond donors (Lipinski definition) is 3. The molecule has 0 spiro atoms. The lowest BCUT2D eigenvalue weighted by molar-refractivity contribution is 0.471. The first-order valence-electron chi connectivity index (χ1n) is 10.0. The molecule has 0 aliphatic heterocycles. The summed E-state index contributed by atoms with van der Waals surface area (Å²) in [7, 11) is -1.08. The molecule has 0 saturated heterocycles. The standard InChI is InChI=1S/C22H24N6O3S/c1-14(2)32(29,30)20-13-25-19(12-26-20)17-8-18(11-24-10-17)22-28-27-21(31-22)16-6-4-15(5-7-16)9-23-3/h4-8,10-14,23,29-30H,9H2,1-3H3. The third kappa shape index (κ3) is 4.53. The van der Waals surface area contributed by atoms with Crippen LogP contribution in [0.3, 0.4) is 0 Å². The van der Waals surface area contributed by atoms with Crippen molar-refractivity contribution in [2.75, 3.05) is 7.05 Å². The highest BCUT2D eigenvalue weighted by atomic mass is 32.3. The normalized spacial score (nSPS) is 12.3. The van der Waals surface area contributed by atoms with E-state index in [2.05, 4.69) is 30.5 Å². The number of rotatable bonds is 7. The van der Waals surface area contributed by atoms with Gasteiger partial charge in [0.1, 0.15) is 0 Å².